The minimum Gasteiger partial charge on any atom is -0.300 e. The number of hydrogen-bond donors (Lipinski definition) is 2. The largest absolute Gasteiger partial charge is 0.300 e. The summed E-state index contributed by atoms with van der Waals surface area (Å²) in [7, 11) is 0. The molecule has 7 unspecified atom stereocenters. The molecule has 4 aliphatic heterocycles. The van der Waals surface area contributed by atoms with Gasteiger partial charge in [-0.1, -0.05) is 32.7 Å². The minimum absolute atomic E-state index is 0.305. The first-order chi connectivity index (χ1) is 15.2. The van der Waals surface area contributed by atoms with Crippen LogP contribution in [0.3, 0.4) is 0 Å². The van der Waals surface area contributed by atoms with Crippen LogP contribution < -0.4 is 10.0 Å². The van der Waals surface area contributed by atoms with Gasteiger partial charge in [-0.15, -0.1) is 0 Å². The molecule has 1 saturated carbocycles. The van der Waals surface area contributed by atoms with E-state index in [2.05, 4.69) is 66.4 Å². The van der Waals surface area contributed by atoms with E-state index in [-0.39, 0.29) is 0 Å². The fourth-order valence-corrected chi connectivity index (χ4v) is 9.09. The highest BCUT2D eigenvalue weighted by molar-refractivity contribution is 7.98. The molecule has 5 rings (SSSR count). The number of nitrogens with zero attached hydrogens (tertiary/aromatic N) is 2. The Morgan fingerprint density at radius 1 is 0.938 bits per heavy atom. The maximum atomic E-state index is 4.20. The van der Waals surface area contributed by atoms with Gasteiger partial charge in [-0.25, -0.2) is 0 Å². The van der Waals surface area contributed by atoms with Gasteiger partial charge in [0.15, 0.2) is 0 Å². The first-order valence-electron chi connectivity index (χ1n) is 13.9. The van der Waals surface area contributed by atoms with Crippen molar-refractivity contribution in [3.05, 3.63) is 0 Å². The molecule has 0 spiro atoms. The van der Waals surface area contributed by atoms with Crippen LogP contribution in [0.4, 0.5) is 0 Å². The number of piperidine rings is 1. The highest BCUT2D eigenvalue weighted by atomic mass is 32.2. The van der Waals surface area contributed by atoms with Crippen molar-refractivity contribution in [3.63, 3.8) is 0 Å². The van der Waals surface area contributed by atoms with Crippen LogP contribution in [0.5, 0.6) is 0 Å². The zero-order valence-corrected chi connectivity index (χ0v) is 22.4. The Morgan fingerprint density at radius 2 is 1.75 bits per heavy atom. The monoisotopic (exact) mass is 462 g/mol. The normalized spacial score (nSPS) is 45.7. The molecule has 5 heteroatoms. The van der Waals surface area contributed by atoms with Gasteiger partial charge in [-0.3, -0.25) is 14.9 Å². The van der Waals surface area contributed by atoms with Crippen LogP contribution in [0.25, 0.3) is 0 Å². The molecule has 0 aromatic carbocycles. The Balaban J connectivity index is 1.35. The summed E-state index contributed by atoms with van der Waals surface area (Å²) in [5.41, 5.74) is 0.637. The molecule has 0 radical (unpaired) electrons. The van der Waals surface area contributed by atoms with E-state index < -0.39 is 0 Å². The Hall–Kier alpha value is 0.190. The number of nitrogens with one attached hydrogen (secondary N) is 2. The van der Waals surface area contributed by atoms with Crippen molar-refractivity contribution >= 4 is 11.9 Å². The lowest BCUT2D eigenvalue weighted by Crippen LogP contribution is -2.63. The van der Waals surface area contributed by atoms with Crippen molar-refractivity contribution in [1.82, 2.24) is 19.8 Å². The summed E-state index contributed by atoms with van der Waals surface area (Å²) in [4.78, 5) is 5.79. The van der Waals surface area contributed by atoms with Crippen molar-refractivity contribution in [2.24, 2.45) is 23.2 Å². The predicted octanol–water partition coefficient (Wildman–Crippen LogP) is 5.10. The summed E-state index contributed by atoms with van der Waals surface area (Å²) >= 11 is 2.10. The lowest BCUT2D eigenvalue weighted by Gasteiger charge is -2.50. The molecule has 8 atom stereocenters. The van der Waals surface area contributed by atoms with E-state index in [1.54, 1.807) is 0 Å². The molecule has 4 bridgehead atoms. The average Bonchev–Trinajstić information content (AvgIpc) is 3.26. The molecule has 1 aliphatic carbocycles. The zero-order chi connectivity index (χ0) is 22.5. The molecule has 0 aromatic heterocycles. The summed E-state index contributed by atoms with van der Waals surface area (Å²) < 4.78 is 3.93. The van der Waals surface area contributed by atoms with Crippen molar-refractivity contribution in [2.45, 2.75) is 121 Å². The smallest absolute Gasteiger partial charge is 0.0645 e. The number of hydrogen-bond acceptors (Lipinski definition) is 5. The van der Waals surface area contributed by atoms with Gasteiger partial charge in [0.05, 0.1) is 6.17 Å². The molecular formula is C27H50N4S. The van der Waals surface area contributed by atoms with Gasteiger partial charge in [-0.05, 0) is 102 Å². The molecule has 2 N–H and O–H groups in total. The minimum atomic E-state index is 0.305. The summed E-state index contributed by atoms with van der Waals surface area (Å²) in [5, 5.41) is 5.02. The summed E-state index contributed by atoms with van der Waals surface area (Å²) in [5.74, 6) is 2.57. The molecular weight excluding hydrogens is 412 g/mol. The van der Waals surface area contributed by atoms with Crippen LogP contribution in [0.2, 0.25) is 0 Å². The number of fused-ring (bicyclic) bond motifs is 5. The molecule has 5 aliphatic rings. The van der Waals surface area contributed by atoms with Crippen molar-refractivity contribution in [2.75, 3.05) is 26.2 Å². The molecule has 4 nitrogen and oxygen atoms in total. The second-order valence-corrected chi connectivity index (χ2v) is 14.8. The van der Waals surface area contributed by atoms with Gasteiger partial charge in [0.25, 0.3) is 0 Å². The molecule has 184 valence electrons. The first-order valence-corrected chi connectivity index (χ1v) is 14.7. The topological polar surface area (TPSA) is 30.5 Å². The van der Waals surface area contributed by atoms with E-state index >= 15 is 0 Å². The zero-order valence-electron chi connectivity index (χ0n) is 21.5. The van der Waals surface area contributed by atoms with E-state index in [4.69, 9.17) is 0 Å². The average molecular weight is 463 g/mol. The van der Waals surface area contributed by atoms with Crippen LogP contribution in [0.15, 0.2) is 0 Å². The molecule has 5 fully saturated rings. The molecule has 4 heterocycles. The third-order valence-electron chi connectivity index (χ3n) is 9.86. The van der Waals surface area contributed by atoms with Gasteiger partial charge >= 0.3 is 0 Å². The highest BCUT2D eigenvalue weighted by Gasteiger charge is 2.47. The van der Waals surface area contributed by atoms with E-state index in [9.17, 15) is 0 Å². The summed E-state index contributed by atoms with van der Waals surface area (Å²) in [6.45, 7) is 17.5. The Kier molecular flexibility index (Phi) is 6.97. The lowest BCUT2D eigenvalue weighted by atomic mass is 9.78. The van der Waals surface area contributed by atoms with E-state index in [1.807, 2.05) is 0 Å². The Morgan fingerprint density at radius 3 is 2.56 bits per heavy atom. The second kappa shape index (κ2) is 9.33. The van der Waals surface area contributed by atoms with Crippen LogP contribution >= 0.6 is 11.9 Å². The Bertz CT molecular complexity index is 646. The van der Waals surface area contributed by atoms with Gasteiger partial charge in [0, 0.05) is 41.9 Å². The molecule has 32 heavy (non-hydrogen) atoms. The fraction of sp³-hybridized carbons (Fsp3) is 1.00. The van der Waals surface area contributed by atoms with Crippen molar-refractivity contribution in [1.29, 1.82) is 0 Å². The maximum absolute atomic E-state index is 4.20. The Labute approximate surface area is 202 Å². The maximum Gasteiger partial charge on any atom is 0.0645 e. The van der Waals surface area contributed by atoms with Gasteiger partial charge in [0.2, 0.25) is 0 Å². The van der Waals surface area contributed by atoms with Crippen LogP contribution in [0, 0.1) is 23.2 Å². The molecule has 4 saturated heterocycles. The van der Waals surface area contributed by atoms with Crippen molar-refractivity contribution in [3.8, 4) is 0 Å². The first kappa shape index (κ1) is 23.9. The standard InChI is InChI=1S/C27H50N4S/c1-26(2,3)24-11-9-21-17-28-32-22-10-8-20-12-14-30(23(20)15-22)13-6-7-19-16-27(4,5)31(18-19)25(21)29-24/h19-25,28-29H,6-18H2,1-5H3/t19-,20?,21?,22?,23?,24?,25?/m1/s1. The lowest BCUT2D eigenvalue weighted by molar-refractivity contribution is 0.00553. The van der Waals surface area contributed by atoms with E-state index in [1.165, 1.54) is 77.4 Å². The van der Waals surface area contributed by atoms with E-state index in [0.29, 0.717) is 29.1 Å². The predicted molar refractivity (Wildman–Crippen MR) is 138 cm³/mol. The highest BCUT2D eigenvalue weighted by Crippen LogP contribution is 2.43. The quantitative estimate of drug-likeness (QED) is 0.489. The van der Waals surface area contributed by atoms with Gasteiger partial charge in [0.1, 0.15) is 0 Å². The fourth-order valence-electron chi connectivity index (χ4n) is 8.00. The summed E-state index contributed by atoms with van der Waals surface area (Å²) in [6, 6.07) is 1.50. The van der Waals surface area contributed by atoms with Gasteiger partial charge in [-0.2, -0.15) is 0 Å². The third kappa shape index (κ3) is 4.94. The number of rotatable bonds is 0. The molecule has 0 aromatic rings. The SMILES string of the molecule is CC(C)(C)C1CCC2CNSC3CCC4CCN(CCC[C@H]5CN(C2N1)C(C)(C)C5)C4C3. The van der Waals surface area contributed by atoms with Gasteiger partial charge < -0.3 is 4.90 Å². The second-order valence-electron chi connectivity index (χ2n) is 13.6. The van der Waals surface area contributed by atoms with Crippen molar-refractivity contribution < 1.29 is 0 Å². The van der Waals surface area contributed by atoms with Crippen LogP contribution in [0.1, 0.15) is 92.4 Å². The molecule has 0 amide bonds. The van der Waals surface area contributed by atoms with E-state index in [0.717, 1.165) is 29.7 Å². The van der Waals surface area contributed by atoms with Crippen LogP contribution in [-0.2, 0) is 0 Å². The van der Waals surface area contributed by atoms with Crippen LogP contribution in [-0.4, -0.2) is 65.0 Å². The summed E-state index contributed by atoms with van der Waals surface area (Å²) in [6.07, 6.45) is 13.2. The third-order valence-corrected chi connectivity index (χ3v) is 11.0.